The molecule has 0 aromatic rings. The highest BCUT2D eigenvalue weighted by Crippen LogP contribution is 2.80. The molecule has 17 nitrogen and oxygen atoms in total. The van der Waals surface area contributed by atoms with E-state index in [-0.39, 0.29) is 60.7 Å². The lowest BCUT2D eigenvalue weighted by Crippen LogP contribution is -2.66. The van der Waals surface area contributed by atoms with E-state index in [9.17, 15) is 45.3 Å². The van der Waals surface area contributed by atoms with Crippen molar-refractivity contribution < 1.29 is 83.2 Å². The number of ketones is 1. The van der Waals surface area contributed by atoms with Gasteiger partial charge in [-0.2, -0.15) is 0 Å². The zero-order valence-corrected chi connectivity index (χ0v) is 32.8. The lowest BCUT2D eigenvalue weighted by Gasteiger charge is -2.59. The van der Waals surface area contributed by atoms with E-state index < -0.39 is 103 Å². The first-order valence-electron chi connectivity index (χ1n) is 20.7. The van der Waals surface area contributed by atoms with E-state index in [0.717, 1.165) is 12.0 Å². The third-order valence-corrected chi connectivity index (χ3v) is 16.0. The van der Waals surface area contributed by atoms with Crippen LogP contribution in [0.15, 0.2) is 11.6 Å². The summed E-state index contributed by atoms with van der Waals surface area (Å²) >= 11 is 0. The van der Waals surface area contributed by atoms with Crippen molar-refractivity contribution in [3.05, 3.63) is 11.6 Å². The van der Waals surface area contributed by atoms with E-state index in [1.165, 1.54) is 13.0 Å². The summed E-state index contributed by atoms with van der Waals surface area (Å²) in [5.41, 5.74) is -1.85. The van der Waals surface area contributed by atoms with Crippen molar-refractivity contribution in [1.82, 2.24) is 0 Å². The van der Waals surface area contributed by atoms with Crippen molar-refractivity contribution in [3.63, 3.8) is 0 Å². The highest BCUT2D eigenvalue weighted by atomic mass is 16.7. The average Bonchev–Trinajstić information content (AvgIpc) is 3.52. The molecule has 4 saturated heterocycles. The van der Waals surface area contributed by atoms with Gasteiger partial charge in [0.05, 0.1) is 42.5 Å². The van der Waals surface area contributed by atoms with Crippen LogP contribution >= 0.6 is 0 Å². The van der Waals surface area contributed by atoms with Gasteiger partial charge >= 0.3 is 5.97 Å². The fraction of sp³-hybridized carbons (Fsp3) is 0.900. The normalized spacial score (nSPS) is 57.2. The second-order valence-electron chi connectivity index (χ2n) is 18.7. The minimum atomic E-state index is -1.61. The zero-order valence-electron chi connectivity index (χ0n) is 32.8. The fourth-order valence-corrected chi connectivity index (χ4v) is 12.7. The predicted molar refractivity (Wildman–Crippen MR) is 189 cm³/mol. The Bertz CT molecular complexity index is 1620. The quantitative estimate of drug-likeness (QED) is 0.0936. The van der Waals surface area contributed by atoms with Crippen LogP contribution in [-0.2, 0) is 47.5 Å². The largest absolute Gasteiger partial charge is 0.458 e. The van der Waals surface area contributed by atoms with Crippen LogP contribution < -0.4 is 0 Å². The summed E-state index contributed by atoms with van der Waals surface area (Å²) in [6, 6.07) is 0. The number of cyclic esters (lactones) is 1. The summed E-state index contributed by atoms with van der Waals surface area (Å²) in [5, 5.41) is 75.3. The van der Waals surface area contributed by atoms with Gasteiger partial charge in [0.1, 0.15) is 66.3 Å². The number of carbonyl (C=O) groups excluding carboxylic acids is 2. The molecule has 7 N–H and O–H groups in total. The predicted octanol–water partition coefficient (Wildman–Crippen LogP) is -0.889. The maximum atomic E-state index is 14.3. The Labute approximate surface area is 330 Å². The number of hydrogen-bond donors (Lipinski definition) is 7. The van der Waals surface area contributed by atoms with Crippen LogP contribution in [0.2, 0.25) is 0 Å². The molecule has 9 rings (SSSR count). The van der Waals surface area contributed by atoms with Crippen LogP contribution in [0.25, 0.3) is 0 Å². The number of aliphatic hydroxyl groups excluding tert-OH is 7. The van der Waals surface area contributed by atoms with Crippen molar-refractivity contribution in [2.24, 2.45) is 28.6 Å². The monoisotopic (exact) mass is 810 g/mol. The lowest BCUT2D eigenvalue weighted by molar-refractivity contribution is -0.354. The first kappa shape index (κ1) is 40.7. The van der Waals surface area contributed by atoms with Crippen molar-refractivity contribution in [1.29, 1.82) is 0 Å². The maximum absolute atomic E-state index is 14.3. The lowest BCUT2D eigenvalue weighted by atomic mass is 9.43. The van der Waals surface area contributed by atoms with Gasteiger partial charge in [0.15, 0.2) is 18.9 Å². The topological polar surface area (TPSA) is 253 Å². The van der Waals surface area contributed by atoms with Gasteiger partial charge in [-0.1, -0.05) is 6.92 Å². The second-order valence-corrected chi connectivity index (χ2v) is 18.7. The molecule has 0 bridgehead atoms. The van der Waals surface area contributed by atoms with Crippen molar-refractivity contribution in [3.8, 4) is 0 Å². The van der Waals surface area contributed by atoms with Gasteiger partial charge in [-0.3, -0.25) is 4.79 Å². The molecule has 4 aliphatic carbocycles. The van der Waals surface area contributed by atoms with Crippen molar-refractivity contribution >= 4 is 11.8 Å². The highest BCUT2D eigenvalue weighted by molar-refractivity contribution is 5.92. The van der Waals surface area contributed by atoms with E-state index in [1.54, 1.807) is 6.92 Å². The molecule has 17 heteroatoms. The summed E-state index contributed by atoms with van der Waals surface area (Å²) in [6.45, 7) is 7.33. The standard InChI is InChI=1S/C40H58O17/c1-16-29(45)31(47)33(49)36(53-16)55-23-15-51-35(32(48)30(23)46)56-34-17(2)52-28(12-22(34)41)54-20-5-7-37(3)19(10-20)11-26(43)40-24(37)13-25(42)38(4)21(6-8-39(38,40)57-40)18-9-27(44)50-14-18/h9,16-17,19-24,26,28-36,41,43,45-49H,5-8,10-15H2,1-4H3/t16-,17+,19+,20-,21+,22-,23+,24+,26+,28+,29-,30-,31+,32+,33+,34+,35-,36-,37-,38-,39+,40+/m0/s1. The molecule has 5 aliphatic heterocycles. The van der Waals surface area contributed by atoms with E-state index >= 15 is 0 Å². The first-order chi connectivity index (χ1) is 26.9. The molecule has 4 saturated carbocycles. The molecule has 320 valence electrons. The van der Waals surface area contributed by atoms with Crippen LogP contribution in [0.1, 0.15) is 79.1 Å². The summed E-state index contributed by atoms with van der Waals surface area (Å²) in [4.78, 5) is 26.3. The van der Waals surface area contributed by atoms with E-state index in [0.29, 0.717) is 38.5 Å². The third-order valence-electron chi connectivity index (χ3n) is 16.0. The van der Waals surface area contributed by atoms with Crippen LogP contribution in [0.3, 0.4) is 0 Å². The Morgan fingerprint density at radius 2 is 1.54 bits per heavy atom. The average molecular weight is 811 g/mol. The summed E-state index contributed by atoms with van der Waals surface area (Å²) in [6.07, 6.45) is -11.0. The molecule has 0 aromatic carbocycles. The van der Waals surface area contributed by atoms with Gasteiger partial charge in [-0.25, -0.2) is 4.79 Å². The van der Waals surface area contributed by atoms with E-state index in [1.807, 2.05) is 6.92 Å². The Hall–Kier alpha value is -1.68. The van der Waals surface area contributed by atoms with Gasteiger partial charge < -0.3 is 73.6 Å². The molecule has 0 aromatic heterocycles. The molecule has 8 fully saturated rings. The molecule has 22 atom stereocenters. The summed E-state index contributed by atoms with van der Waals surface area (Å²) < 4.78 is 47.4. The van der Waals surface area contributed by atoms with Crippen molar-refractivity contribution in [2.75, 3.05) is 13.2 Å². The Morgan fingerprint density at radius 3 is 2.26 bits per heavy atom. The molecule has 2 spiro atoms. The fourth-order valence-electron chi connectivity index (χ4n) is 12.7. The second kappa shape index (κ2) is 14.2. The van der Waals surface area contributed by atoms with E-state index in [2.05, 4.69) is 6.92 Å². The van der Waals surface area contributed by atoms with Gasteiger partial charge in [0.25, 0.3) is 0 Å². The number of Topliss-reactive ketones (excluding diaryl/α,β-unsaturated/α-hetero) is 1. The number of rotatable bonds is 7. The number of esters is 1. The van der Waals surface area contributed by atoms with Crippen molar-refractivity contribution in [2.45, 2.75) is 182 Å². The summed E-state index contributed by atoms with van der Waals surface area (Å²) in [5.74, 6) is -0.511. The van der Waals surface area contributed by atoms with Crippen LogP contribution in [-0.4, -0.2) is 164 Å². The van der Waals surface area contributed by atoms with Gasteiger partial charge in [0, 0.05) is 24.8 Å². The number of aliphatic hydroxyl groups is 7. The number of fused-ring (bicyclic) bond motifs is 2. The third kappa shape index (κ3) is 5.93. The Balaban J connectivity index is 0.797. The molecule has 9 aliphatic rings. The van der Waals surface area contributed by atoms with E-state index in [4.69, 9.17) is 37.9 Å². The number of epoxide rings is 1. The molecule has 0 unspecified atom stereocenters. The molecular weight excluding hydrogens is 752 g/mol. The summed E-state index contributed by atoms with van der Waals surface area (Å²) in [7, 11) is 0. The molecule has 57 heavy (non-hydrogen) atoms. The minimum absolute atomic E-state index is 0.0558. The minimum Gasteiger partial charge on any atom is -0.458 e. The SMILES string of the molecule is C[C@@H]1O[C@@H](O[C@@H]2CO[C@@H](O[C@H]3[C@@H](O)C[C@@H](O[C@H]4CC[C@@]5(C)[C@H](C4)C[C@@H](O)[C@@]46O[C@@]47CC[C@H](C4=CC(=O)OC4)[C@@]7(C)C(=O)C[C@H]56)O[C@@H]3C)[C@H](O)[C@H]2O)[C@H](O)[C@H](O)[C@H]1O. The highest BCUT2D eigenvalue weighted by Gasteiger charge is 2.91. The maximum Gasteiger partial charge on any atom is 0.331 e. The first-order valence-corrected chi connectivity index (χ1v) is 20.7. The smallest absolute Gasteiger partial charge is 0.331 e. The zero-order chi connectivity index (χ0) is 40.6. The number of carbonyl (C=O) groups is 2. The molecule has 5 heterocycles. The Morgan fingerprint density at radius 1 is 0.789 bits per heavy atom. The molecule has 0 radical (unpaired) electrons. The van der Waals surface area contributed by atoms with Crippen LogP contribution in [0.4, 0.5) is 0 Å². The molecule has 0 amide bonds. The van der Waals surface area contributed by atoms with Crippen LogP contribution in [0, 0.1) is 28.6 Å². The van der Waals surface area contributed by atoms with Crippen LogP contribution in [0.5, 0.6) is 0 Å². The Kier molecular flexibility index (Phi) is 10.1. The molecular formula is C40H58O17. The van der Waals surface area contributed by atoms with Gasteiger partial charge in [-0.15, -0.1) is 0 Å². The number of hydrogen-bond acceptors (Lipinski definition) is 17. The van der Waals surface area contributed by atoms with Gasteiger partial charge in [-0.05, 0) is 82.1 Å². The number of ether oxygens (including phenoxy) is 8. The van der Waals surface area contributed by atoms with Gasteiger partial charge in [0.2, 0.25) is 0 Å².